The first-order chi connectivity index (χ1) is 10.2. The first-order valence-electron chi connectivity index (χ1n) is 7.29. The van der Waals surface area contributed by atoms with Gasteiger partial charge in [0.15, 0.2) is 0 Å². The first-order valence-corrected chi connectivity index (χ1v) is 9.82. The van der Waals surface area contributed by atoms with Gasteiger partial charge in [-0.25, -0.2) is 13.6 Å². The third-order valence-corrected chi connectivity index (χ3v) is 6.70. The van der Waals surface area contributed by atoms with Crippen LogP contribution in [0.3, 0.4) is 0 Å². The van der Waals surface area contributed by atoms with Crippen molar-refractivity contribution in [3.05, 3.63) is 17.4 Å². The lowest BCUT2D eigenvalue weighted by atomic mass is 10.0. The second-order valence-corrected chi connectivity index (χ2v) is 8.60. The number of sulfonamides is 1. The van der Waals surface area contributed by atoms with Crippen molar-refractivity contribution in [3.8, 4) is 0 Å². The van der Waals surface area contributed by atoms with Gasteiger partial charge in [0.25, 0.3) is 15.9 Å². The van der Waals surface area contributed by atoms with Gasteiger partial charge in [-0.15, -0.1) is 0 Å². The van der Waals surface area contributed by atoms with Crippen LogP contribution in [0.15, 0.2) is 15.6 Å². The van der Waals surface area contributed by atoms with Crippen molar-refractivity contribution in [2.24, 2.45) is 5.14 Å². The van der Waals surface area contributed by atoms with E-state index < -0.39 is 10.0 Å². The van der Waals surface area contributed by atoms with Gasteiger partial charge in [-0.05, 0) is 19.8 Å². The molecule has 0 saturated carbocycles. The van der Waals surface area contributed by atoms with Crippen LogP contribution < -0.4 is 5.14 Å². The Morgan fingerprint density at radius 1 is 1.45 bits per heavy atom. The van der Waals surface area contributed by atoms with Gasteiger partial charge in [0.2, 0.25) is 5.09 Å². The molecule has 0 aliphatic carbocycles. The molecule has 0 aromatic carbocycles. The fourth-order valence-corrected chi connectivity index (χ4v) is 4.60. The van der Waals surface area contributed by atoms with Crippen molar-refractivity contribution in [1.29, 1.82) is 0 Å². The van der Waals surface area contributed by atoms with Gasteiger partial charge in [0.1, 0.15) is 5.76 Å². The molecule has 0 radical (unpaired) electrons. The van der Waals surface area contributed by atoms with Crippen LogP contribution >= 0.6 is 11.8 Å². The number of aryl methyl sites for hydroxylation is 1. The van der Waals surface area contributed by atoms with Crippen LogP contribution in [-0.2, 0) is 10.0 Å². The molecule has 1 aromatic heterocycles. The number of furan rings is 1. The number of hydrogen-bond acceptors (Lipinski definition) is 5. The van der Waals surface area contributed by atoms with Gasteiger partial charge in [-0.2, -0.15) is 11.8 Å². The number of rotatable bonds is 4. The number of nitrogens with two attached hydrogens (primary N) is 1. The Morgan fingerprint density at radius 2 is 2.09 bits per heavy atom. The Balaban J connectivity index is 2.27. The van der Waals surface area contributed by atoms with E-state index in [0.29, 0.717) is 13.1 Å². The van der Waals surface area contributed by atoms with E-state index in [0.717, 1.165) is 18.6 Å². The molecule has 0 atom stereocenters. The fraction of sp³-hybridized carbons (Fsp3) is 0.643. The maximum Gasteiger partial charge on any atom is 0.271 e. The normalized spacial score (nSPS) is 18.5. The third-order valence-electron chi connectivity index (χ3n) is 4.23. The van der Waals surface area contributed by atoms with Crippen LogP contribution in [0, 0.1) is 6.92 Å². The zero-order chi connectivity index (χ0) is 16.5. The van der Waals surface area contributed by atoms with Crippen molar-refractivity contribution in [3.63, 3.8) is 0 Å². The Kier molecular flexibility index (Phi) is 4.93. The zero-order valence-corrected chi connectivity index (χ0v) is 14.7. The summed E-state index contributed by atoms with van der Waals surface area (Å²) >= 11 is 1.91. The van der Waals surface area contributed by atoms with E-state index >= 15 is 0 Å². The molecule has 124 valence electrons. The Morgan fingerprint density at radius 3 is 2.59 bits per heavy atom. The lowest BCUT2D eigenvalue weighted by Gasteiger charge is -2.41. The topological polar surface area (TPSA) is 93.6 Å². The Hall–Kier alpha value is -0.990. The van der Waals surface area contributed by atoms with Gasteiger partial charge in [0.05, 0.1) is 5.56 Å². The van der Waals surface area contributed by atoms with Crippen LogP contribution in [0.1, 0.15) is 42.8 Å². The molecule has 2 N–H and O–H groups in total. The van der Waals surface area contributed by atoms with Gasteiger partial charge >= 0.3 is 0 Å². The number of amides is 1. The largest absolute Gasteiger partial charge is 0.448 e. The number of carbonyl (C=O) groups excluding carboxylic acids is 1. The van der Waals surface area contributed by atoms with E-state index in [1.807, 2.05) is 11.8 Å². The van der Waals surface area contributed by atoms with Crippen LogP contribution in [0.5, 0.6) is 0 Å². The van der Waals surface area contributed by atoms with Crippen molar-refractivity contribution in [1.82, 2.24) is 4.90 Å². The summed E-state index contributed by atoms with van der Waals surface area (Å²) in [6, 6.07) is 1.23. The summed E-state index contributed by atoms with van der Waals surface area (Å²) in [6.45, 7) is 7.16. The van der Waals surface area contributed by atoms with Crippen molar-refractivity contribution in [2.75, 3.05) is 18.8 Å². The van der Waals surface area contributed by atoms with Crippen LogP contribution in [0.4, 0.5) is 0 Å². The second-order valence-electron chi connectivity index (χ2n) is 5.55. The molecule has 2 heterocycles. The van der Waals surface area contributed by atoms with E-state index in [4.69, 9.17) is 9.56 Å². The van der Waals surface area contributed by atoms with E-state index in [-0.39, 0.29) is 27.1 Å². The van der Waals surface area contributed by atoms with Gasteiger partial charge in [-0.1, -0.05) is 13.8 Å². The number of nitrogens with zero attached hydrogens (tertiary/aromatic N) is 1. The van der Waals surface area contributed by atoms with Crippen LogP contribution in [-0.4, -0.2) is 42.8 Å². The summed E-state index contributed by atoms with van der Waals surface area (Å²) in [7, 11) is -3.94. The molecule has 2 rings (SSSR count). The SMILES string of the molecule is CCC1(CC)CN(C(=O)c2cc(S(N)(=O)=O)oc2C)CCS1. The second kappa shape index (κ2) is 6.25. The smallest absolute Gasteiger partial charge is 0.271 e. The summed E-state index contributed by atoms with van der Waals surface area (Å²) < 4.78 is 27.9. The summed E-state index contributed by atoms with van der Waals surface area (Å²) in [6.07, 6.45) is 1.98. The number of carbonyl (C=O) groups is 1. The minimum Gasteiger partial charge on any atom is -0.448 e. The summed E-state index contributed by atoms with van der Waals surface area (Å²) in [5, 5.41) is 4.69. The van der Waals surface area contributed by atoms with Crippen LogP contribution in [0.2, 0.25) is 0 Å². The number of hydrogen-bond donors (Lipinski definition) is 1. The molecule has 0 spiro atoms. The molecule has 1 aliphatic heterocycles. The molecule has 1 fully saturated rings. The molecule has 22 heavy (non-hydrogen) atoms. The first kappa shape index (κ1) is 17.4. The average Bonchev–Trinajstić information content (AvgIpc) is 2.88. The Labute approximate surface area is 135 Å². The quantitative estimate of drug-likeness (QED) is 0.900. The van der Waals surface area contributed by atoms with Crippen molar-refractivity contribution < 1.29 is 17.6 Å². The van der Waals surface area contributed by atoms with E-state index in [1.165, 1.54) is 6.07 Å². The van der Waals surface area contributed by atoms with Crippen molar-refractivity contribution in [2.45, 2.75) is 43.5 Å². The lowest BCUT2D eigenvalue weighted by molar-refractivity contribution is 0.0737. The summed E-state index contributed by atoms with van der Waals surface area (Å²) in [5.41, 5.74) is 0.275. The van der Waals surface area contributed by atoms with Gasteiger partial charge < -0.3 is 9.32 Å². The molecule has 1 amide bonds. The molecule has 1 aromatic rings. The molecule has 0 unspecified atom stereocenters. The lowest BCUT2D eigenvalue weighted by Crippen LogP contribution is -2.48. The fourth-order valence-electron chi connectivity index (χ4n) is 2.67. The van der Waals surface area contributed by atoms with E-state index in [1.54, 1.807) is 11.8 Å². The van der Waals surface area contributed by atoms with E-state index in [2.05, 4.69) is 13.8 Å². The van der Waals surface area contributed by atoms with E-state index in [9.17, 15) is 13.2 Å². The highest BCUT2D eigenvalue weighted by atomic mass is 32.2. The Bertz CT molecular complexity index is 662. The minimum atomic E-state index is -3.94. The molecular formula is C14H22N2O4S2. The highest BCUT2D eigenvalue weighted by Gasteiger charge is 2.36. The van der Waals surface area contributed by atoms with Gasteiger partial charge in [0, 0.05) is 29.7 Å². The molecule has 6 nitrogen and oxygen atoms in total. The molecule has 1 saturated heterocycles. The number of thioether (sulfide) groups is 1. The summed E-state index contributed by atoms with van der Waals surface area (Å²) in [5.74, 6) is 0.973. The highest BCUT2D eigenvalue weighted by molar-refractivity contribution is 8.00. The molecule has 8 heteroatoms. The number of primary sulfonamides is 1. The minimum absolute atomic E-state index is 0.0777. The third kappa shape index (κ3) is 3.33. The predicted molar refractivity (Wildman–Crippen MR) is 86.5 cm³/mol. The maximum absolute atomic E-state index is 12.7. The highest BCUT2D eigenvalue weighted by Crippen LogP contribution is 2.37. The predicted octanol–water partition coefficient (Wildman–Crippen LogP) is 1.98. The summed E-state index contributed by atoms with van der Waals surface area (Å²) in [4.78, 5) is 14.5. The zero-order valence-electron chi connectivity index (χ0n) is 13.1. The molecule has 1 aliphatic rings. The van der Waals surface area contributed by atoms with Gasteiger partial charge in [-0.3, -0.25) is 4.79 Å². The van der Waals surface area contributed by atoms with Crippen LogP contribution in [0.25, 0.3) is 0 Å². The standard InChI is InChI=1S/C14H22N2O4S2/c1-4-14(5-2)9-16(6-7-21-14)13(17)11-8-12(20-10(11)3)22(15,18)19/h8H,4-7,9H2,1-3H3,(H2,15,18,19). The monoisotopic (exact) mass is 346 g/mol. The average molecular weight is 346 g/mol. The molecule has 0 bridgehead atoms. The maximum atomic E-state index is 12.7. The van der Waals surface area contributed by atoms with Crippen molar-refractivity contribution >= 4 is 27.7 Å². The molecular weight excluding hydrogens is 324 g/mol.